The zero-order valence-electron chi connectivity index (χ0n) is 17.8. The molecule has 0 aliphatic heterocycles. The molecule has 0 saturated carbocycles. The van der Waals surface area contributed by atoms with E-state index in [9.17, 15) is 4.79 Å². The van der Waals surface area contributed by atoms with Crippen molar-refractivity contribution in [1.29, 1.82) is 0 Å². The van der Waals surface area contributed by atoms with Gasteiger partial charge in [0.05, 0.1) is 6.20 Å². The van der Waals surface area contributed by atoms with Crippen molar-refractivity contribution in [2.24, 2.45) is 4.99 Å². The van der Waals surface area contributed by atoms with Gasteiger partial charge in [0.2, 0.25) is 5.95 Å². The molecule has 0 saturated heterocycles. The number of aromatic nitrogens is 2. The minimum absolute atomic E-state index is 0.0530. The fourth-order valence-electron chi connectivity index (χ4n) is 2.83. The molecule has 2 amide bonds. The Labute approximate surface area is 164 Å². The van der Waals surface area contributed by atoms with Gasteiger partial charge in [0.25, 0.3) is 0 Å². The van der Waals surface area contributed by atoms with Gasteiger partial charge in [0.15, 0.2) is 5.82 Å². The predicted octanol–water partition coefficient (Wildman–Crippen LogP) is 4.32. The summed E-state index contributed by atoms with van der Waals surface area (Å²) in [6.45, 7) is 18.7. The first-order valence-electron chi connectivity index (χ1n) is 9.96. The van der Waals surface area contributed by atoms with Crippen LogP contribution in [0.2, 0.25) is 0 Å². The summed E-state index contributed by atoms with van der Waals surface area (Å²) in [5, 5.41) is 0. The molecule has 0 spiro atoms. The van der Waals surface area contributed by atoms with E-state index in [0.29, 0.717) is 30.5 Å². The fourth-order valence-corrected chi connectivity index (χ4v) is 2.83. The number of unbranched alkanes of at least 4 members (excludes halogenated alkanes) is 1. The Bertz CT molecular complexity index is 612. The van der Waals surface area contributed by atoms with Gasteiger partial charge in [-0.15, -0.1) is 0 Å². The van der Waals surface area contributed by atoms with Gasteiger partial charge >= 0.3 is 6.03 Å². The molecule has 0 unspecified atom stereocenters. The van der Waals surface area contributed by atoms with Gasteiger partial charge < -0.3 is 9.80 Å². The minimum Gasteiger partial charge on any atom is -0.341 e. The molecule has 1 heterocycles. The summed E-state index contributed by atoms with van der Waals surface area (Å²) >= 11 is 0. The average Bonchev–Trinajstić information content (AvgIpc) is 2.65. The third kappa shape index (κ3) is 5.91. The van der Waals surface area contributed by atoms with Crippen LogP contribution in [0.25, 0.3) is 0 Å². The Morgan fingerprint density at radius 1 is 1.19 bits per heavy atom. The van der Waals surface area contributed by atoms with E-state index in [1.807, 2.05) is 38.8 Å². The van der Waals surface area contributed by atoms with E-state index in [-0.39, 0.29) is 12.1 Å². The predicted molar refractivity (Wildman–Crippen MR) is 114 cm³/mol. The lowest BCUT2D eigenvalue weighted by atomic mass is 10.3. The maximum absolute atomic E-state index is 13.1. The van der Waals surface area contributed by atoms with Gasteiger partial charge in [0.1, 0.15) is 5.69 Å². The highest BCUT2D eigenvalue weighted by molar-refractivity contribution is 5.95. The van der Waals surface area contributed by atoms with E-state index in [4.69, 9.17) is 0 Å². The lowest BCUT2D eigenvalue weighted by Gasteiger charge is -2.32. The Morgan fingerprint density at radius 2 is 1.85 bits per heavy atom. The number of rotatable bonds is 10. The van der Waals surface area contributed by atoms with Crippen LogP contribution in [0.4, 0.5) is 22.2 Å². The van der Waals surface area contributed by atoms with Crippen molar-refractivity contribution in [2.75, 3.05) is 36.0 Å². The van der Waals surface area contributed by atoms with E-state index >= 15 is 0 Å². The second-order valence-corrected chi connectivity index (χ2v) is 6.41. The maximum Gasteiger partial charge on any atom is 0.324 e. The molecule has 0 bridgehead atoms. The number of carbonyl (C=O) groups is 1. The van der Waals surface area contributed by atoms with Gasteiger partial charge in [-0.1, -0.05) is 6.92 Å². The number of nitrogens with zero attached hydrogens (tertiary/aromatic N) is 6. The number of urea groups is 1. The number of carbonyl (C=O) groups excluding carboxylic acids is 1. The van der Waals surface area contributed by atoms with Crippen molar-refractivity contribution in [3.05, 3.63) is 13.1 Å². The summed E-state index contributed by atoms with van der Waals surface area (Å²) < 4.78 is 0. The fraction of sp³-hybridized carbons (Fsp3) is 0.650. The Kier molecular flexibility index (Phi) is 9.75. The summed E-state index contributed by atoms with van der Waals surface area (Å²) in [6.07, 6.45) is 5.05. The Morgan fingerprint density at radius 3 is 2.33 bits per heavy atom. The number of hydrogen-bond acceptors (Lipinski definition) is 5. The van der Waals surface area contributed by atoms with E-state index in [1.165, 1.54) is 0 Å². The van der Waals surface area contributed by atoms with Crippen molar-refractivity contribution in [1.82, 2.24) is 14.9 Å². The standard InChI is InChI=1S/C20H35N6O/c1-8-13-14-21-18-17(15-22-19(23-18)24(9-2)10-3)26(12-5)20(27)25(11-4)16(6)7/h14-16H,1,8-13H2,2-7H3. The van der Waals surface area contributed by atoms with Crippen LogP contribution in [-0.4, -0.2) is 59.3 Å². The summed E-state index contributed by atoms with van der Waals surface area (Å²) in [4.78, 5) is 32.4. The van der Waals surface area contributed by atoms with Gasteiger partial charge in [-0.2, -0.15) is 4.98 Å². The van der Waals surface area contributed by atoms with E-state index in [0.717, 1.165) is 25.9 Å². The Balaban J connectivity index is 3.38. The van der Waals surface area contributed by atoms with Crippen LogP contribution >= 0.6 is 0 Å². The molecule has 1 rings (SSSR count). The number of anilines is 2. The van der Waals surface area contributed by atoms with Crippen LogP contribution in [0.5, 0.6) is 0 Å². The van der Waals surface area contributed by atoms with E-state index < -0.39 is 0 Å². The molecule has 151 valence electrons. The topological polar surface area (TPSA) is 64.9 Å². The van der Waals surface area contributed by atoms with Crippen molar-refractivity contribution >= 4 is 29.7 Å². The first kappa shape index (κ1) is 22.9. The van der Waals surface area contributed by atoms with Crippen LogP contribution in [0.15, 0.2) is 11.2 Å². The summed E-state index contributed by atoms with van der Waals surface area (Å²) in [5.74, 6) is 1.15. The molecule has 1 aromatic rings. The highest BCUT2D eigenvalue weighted by Crippen LogP contribution is 2.29. The first-order chi connectivity index (χ1) is 12.9. The zero-order valence-corrected chi connectivity index (χ0v) is 17.8. The molecule has 1 aromatic heterocycles. The second kappa shape index (κ2) is 11.5. The summed E-state index contributed by atoms with van der Waals surface area (Å²) in [6, 6.07) is 0.0633. The molecule has 1 radical (unpaired) electrons. The molecule has 0 N–H and O–H groups in total. The van der Waals surface area contributed by atoms with Crippen LogP contribution in [0.1, 0.15) is 54.4 Å². The first-order valence-corrected chi connectivity index (χ1v) is 9.96. The molecule has 7 nitrogen and oxygen atoms in total. The zero-order chi connectivity index (χ0) is 20.4. The second-order valence-electron chi connectivity index (χ2n) is 6.41. The molecule has 27 heavy (non-hydrogen) atoms. The molecular weight excluding hydrogens is 340 g/mol. The quantitative estimate of drug-likeness (QED) is 0.571. The van der Waals surface area contributed by atoms with Crippen LogP contribution in [0, 0.1) is 6.92 Å². The summed E-state index contributed by atoms with van der Waals surface area (Å²) in [5.41, 5.74) is 0.637. The molecule has 7 heteroatoms. The SMILES string of the molecule is [CH2]CCC=Nc1nc(N(CC)CC)ncc1N(CC)C(=O)N(CC)C(C)C. The third-order valence-corrected chi connectivity index (χ3v) is 4.38. The molecule has 0 atom stereocenters. The molecular formula is C20H35N6O. The maximum atomic E-state index is 13.1. The van der Waals surface area contributed by atoms with Gasteiger partial charge in [0, 0.05) is 38.4 Å². The largest absolute Gasteiger partial charge is 0.341 e. The van der Waals surface area contributed by atoms with Gasteiger partial charge in [-0.25, -0.2) is 14.8 Å². The van der Waals surface area contributed by atoms with Crippen molar-refractivity contribution < 1.29 is 4.79 Å². The van der Waals surface area contributed by atoms with E-state index in [1.54, 1.807) is 11.1 Å². The normalized spacial score (nSPS) is 11.3. The van der Waals surface area contributed by atoms with Crippen LogP contribution < -0.4 is 9.80 Å². The lowest BCUT2D eigenvalue weighted by molar-refractivity contribution is 0.194. The Hall–Kier alpha value is -2.18. The third-order valence-electron chi connectivity index (χ3n) is 4.38. The van der Waals surface area contributed by atoms with Gasteiger partial charge in [-0.05, 0) is 54.4 Å². The van der Waals surface area contributed by atoms with Crippen LogP contribution in [0.3, 0.4) is 0 Å². The number of hydrogen-bond donors (Lipinski definition) is 0. The molecule has 0 fully saturated rings. The van der Waals surface area contributed by atoms with Crippen molar-refractivity contribution in [3.63, 3.8) is 0 Å². The molecule has 0 aromatic carbocycles. The minimum atomic E-state index is -0.0530. The number of aliphatic imine (C=N–C) groups is 1. The lowest BCUT2D eigenvalue weighted by Crippen LogP contribution is -2.46. The van der Waals surface area contributed by atoms with Crippen molar-refractivity contribution in [3.8, 4) is 0 Å². The molecule has 0 aliphatic rings. The van der Waals surface area contributed by atoms with Crippen molar-refractivity contribution in [2.45, 2.75) is 60.4 Å². The highest BCUT2D eigenvalue weighted by Gasteiger charge is 2.25. The smallest absolute Gasteiger partial charge is 0.324 e. The average molecular weight is 376 g/mol. The highest BCUT2D eigenvalue weighted by atomic mass is 16.2. The summed E-state index contributed by atoms with van der Waals surface area (Å²) in [7, 11) is 0. The van der Waals surface area contributed by atoms with Gasteiger partial charge in [-0.3, -0.25) is 4.90 Å². The number of amides is 2. The monoisotopic (exact) mass is 375 g/mol. The van der Waals surface area contributed by atoms with E-state index in [2.05, 4.69) is 40.6 Å². The molecule has 0 aliphatic carbocycles. The van der Waals surface area contributed by atoms with Crippen LogP contribution in [-0.2, 0) is 0 Å².